The first-order valence-corrected chi connectivity index (χ1v) is 5.12. The molecule has 1 saturated heterocycles. The van der Waals surface area contributed by atoms with Crippen LogP contribution in [-0.2, 0) is 6.54 Å². The van der Waals surface area contributed by atoms with Gasteiger partial charge in [0, 0.05) is 36.8 Å². The molecule has 0 radical (unpaired) electrons. The van der Waals surface area contributed by atoms with Gasteiger partial charge in [0.2, 0.25) is 5.91 Å². The second-order valence-corrected chi connectivity index (χ2v) is 4.12. The Bertz CT molecular complexity index is 416. The maximum absolute atomic E-state index is 13.4. The Balaban J connectivity index is 2.12. The van der Waals surface area contributed by atoms with Crippen molar-refractivity contribution in [2.45, 2.75) is 12.6 Å². The van der Waals surface area contributed by atoms with E-state index in [1.54, 1.807) is 0 Å². The van der Waals surface area contributed by atoms with Crippen molar-refractivity contribution in [3.63, 3.8) is 0 Å². The van der Waals surface area contributed by atoms with Crippen molar-refractivity contribution in [1.82, 2.24) is 4.90 Å². The third-order valence-electron chi connectivity index (χ3n) is 2.71. The molecule has 4 N–H and O–H groups in total. The van der Waals surface area contributed by atoms with Gasteiger partial charge in [0.15, 0.2) is 0 Å². The molecular formula is C11H14FN3O. The summed E-state index contributed by atoms with van der Waals surface area (Å²) in [6.07, 6.45) is 0. The molecule has 1 aliphatic rings. The molecule has 0 spiro atoms. The highest BCUT2D eigenvalue weighted by molar-refractivity contribution is 5.92. The first kappa shape index (κ1) is 11.0. The van der Waals surface area contributed by atoms with Gasteiger partial charge in [-0.15, -0.1) is 0 Å². The molecule has 1 heterocycles. The minimum absolute atomic E-state index is 0.183. The molecule has 0 atom stereocenters. The molecule has 1 fully saturated rings. The summed E-state index contributed by atoms with van der Waals surface area (Å²) in [6.45, 7) is 2.00. The average molecular weight is 223 g/mol. The van der Waals surface area contributed by atoms with Crippen LogP contribution in [0.25, 0.3) is 0 Å². The molecular weight excluding hydrogens is 209 g/mol. The van der Waals surface area contributed by atoms with Crippen LogP contribution in [0.4, 0.5) is 4.39 Å². The van der Waals surface area contributed by atoms with Gasteiger partial charge in [-0.3, -0.25) is 9.69 Å². The van der Waals surface area contributed by atoms with E-state index in [2.05, 4.69) is 0 Å². The molecule has 1 aromatic rings. The summed E-state index contributed by atoms with van der Waals surface area (Å²) < 4.78 is 13.4. The van der Waals surface area contributed by atoms with Crippen LogP contribution in [0, 0.1) is 5.82 Å². The highest BCUT2D eigenvalue weighted by atomic mass is 19.1. The number of benzene rings is 1. The fourth-order valence-electron chi connectivity index (χ4n) is 1.83. The highest BCUT2D eigenvalue weighted by Gasteiger charge is 2.23. The summed E-state index contributed by atoms with van der Waals surface area (Å²) in [6, 6.07) is 4.35. The van der Waals surface area contributed by atoms with E-state index in [1.807, 2.05) is 4.90 Å². The Morgan fingerprint density at radius 3 is 2.75 bits per heavy atom. The van der Waals surface area contributed by atoms with Crippen molar-refractivity contribution < 1.29 is 9.18 Å². The van der Waals surface area contributed by atoms with Gasteiger partial charge in [-0.25, -0.2) is 4.39 Å². The van der Waals surface area contributed by atoms with E-state index in [4.69, 9.17) is 11.5 Å². The SMILES string of the molecule is NC(=O)c1ccc(F)c(CN2CC(N)C2)c1. The van der Waals surface area contributed by atoms with Gasteiger partial charge in [-0.2, -0.15) is 0 Å². The first-order valence-electron chi connectivity index (χ1n) is 5.12. The number of halogens is 1. The third-order valence-corrected chi connectivity index (χ3v) is 2.71. The number of primary amides is 1. The number of rotatable bonds is 3. The smallest absolute Gasteiger partial charge is 0.248 e. The first-order chi connectivity index (χ1) is 7.56. The summed E-state index contributed by atoms with van der Waals surface area (Å²) in [5.41, 5.74) is 11.6. The Labute approximate surface area is 93.0 Å². The number of carbonyl (C=O) groups is 1. The van der Waals surface area contributed by atoms with Crippen LogP contribution in [0.3, 0.4) is 0 Å². The summed E-state index contributed by atoms with van der Waals surface area (Å²) in [4.78, 5) is 13.0. The molecule has 0 aliphatic carbocycles. The Morgan fingerprint density at radius 2 is 2.19 bits per heavy atom. The molecule has 0 aromatic heterocycles. The summed E-state index contributed by atoms with van der Waals surface area (Å²) in [7, 11) is 0. The fraction of sp³-hybridized carbons (Fsp3) is 0.364. The van der Waals surface area contributed by atoms with Crippen LogP contribution in [0.1, 0.15) is 15.9 Å². The molecule has 16 heavy (non-hydrogen) atoms. The number of hydrogen-bond donors (Lipinski definition) is 2. The predicted molar refractivity (Wildman–Crippen MR) is 58.2 cm³/mol. The van der Waals surface area contributed by atoms with Crippen molar-refractivity contribution in [3.05, 3.63) is 35.1 Å². The van der Waals surface area contributed by atoms with Crippen molar-refractivity contribution in [2.75, 3.05) is 13.1 Å². The molecule has 1 aromatic carbocycles. The van der Waals surface area contributed by atoms with E-state index in [1.165, 1.54) is 18.2 Å². The minimum Gasteiger partial charge on any atom is -0.366 e. The van der Waals surface area contributed by atoms with Crippen molar-refractivity contribution in [2.24, 2.45) is 11.5 Å². The molecule has 4 nitrogen and oxygen atoms in total. The number of nitrogens with two attached hydrogens (primary N) is 2. The van der Waals surface area contributed by atoms with Crippen molar-refractivity contribution in [1.29, 1.82) is 0 Å². The summed E-state index contributed by atoms with van der Waals surface area (Å²) in [5.74, 6) is -0.855. The van der Waals surface area contributed by atoms with Gasteiger partial charge in [0.1, 0.15) is 5.82 Å². The number of nitrogens with zero attached hydrogens (tertiary/aromatic N) is 1. The lowest BCUT2D eigenvalue weighted by Crippen LogP contribution is -2.54. The molecule has 1 aliphatic heterocycles. The van der Waals surface area contributed by atoms with Crippen LogP contribution in [0.5, 0.6) is 0 Å². The summed E-state index contributed by atoms with van der Waals surface area (Å²) >= 11 is 0. The van der Waals surface area contributed by atoms with Crippen LogP contribution >= 0.6 is 0 Å². The maximum atomic E-state index is 13.4. The third kappa shape index (κ3) is 2.20. The van der Waals surface area contributed by atoms with Gasteiger partial charge in [0.05, 0.1) is 0 Å². The van der Waals surface area contributed by atoms with Crippen molar-refractivity contribution >= 4 is 5.91 Å². The number of likely N-dealkylation sites (tertiary alicyclic amines) is 1. The van der Waals surface area contributed by atoms with Crippen LogP contribution in [0.15, 0.2) is 18.2 Å². The lowest BCUT2D eigenvalue weighted by Gasteiger charge is -2.36. The van der Waals surface area contributed by atoms with E-state index < -0.39 is 5.91 Å². The predicted octanol–water partition coefficient (Wildman–Crippen LogP) is 0.0675. The largest absolute Gasteiger partial charge is 0.366 e. The fourth-order valence-corrected chi connectivity index (χ4v) is 1.83. The normalized spacial score (nSPS) is 17.1. The van der Waals surface area contributed by atoms with Gasteiger partial charge >= 0.3 is 0 Å². The molecule has 0 unspecified atom stereocenters. The van der Waals surface area contributed by atoms with E-state index in [9.17, 15) is 9.18 Å². The topological polar surface area (TPSA) is 72.4 Å². The maximum Gasteiger partial charge on any atom is 0.248 e. The molecule has 0 saturated carbocycles. The Hall–Kier alpha value is -1.46. The standard InChI is InChI=1S/C11H14FN3O/c12-10-2-1-7(11(14)16)3-8(10)4-15-5-9(13)6-15/h1-3,9H,4-6,13H2,(H2,14,16). The summed E-state index contributed by atoms with van der Waals surface area (Å²) in [5, 5.41) is 0. The van der Waals surface area contributed by atoms with E-state index >= 15 is 0 Å². The monoisotopic (exact) mass is 223 g/mol. The van der Waals surface area contributed by atoms with E-state index in [0.717, 1.165) is 13.1 Å². The molecule has 5 heteroatoms. The number of carbonyl (C=O) groups excluding carboxylic acids is 1. The Kier molecular flexibility index (Phi) is 2.89. The van der Waals surface area contributed by atoms with Gasteiger partial charge in [-0.05, 0) is 18.2 Å². The van der Waals surface area contributed by atoms with E-state index in [0.29, 0.717) is 17.7 Å². The lowest BCUT2D eigenvalue weighted by molar-refractivity contribution is 0.0999. The second kappa shape index (κ2) is 4.19. The molecule has 2 rings (SSSR count). The van der Waals surface area contributed by atoms with Crippen molar-refractivity contribution in [3.8, 4) is 0 Å². The second-order valence-electron chi connectivity index (χ2n) is 4.12. The van der Waals surface area contributed by atoms with E-state index in [-0.39, 0.29) is 11.9 Å². The van der Waals surface area contributed by atoms with Gasteiger partial charge in [-0.1, -0.05) is 0 Å². The van der Waals surface area contributed by atoms with Crippen LogP contribution in [-0.4, -0.2) is 29.9 Å². The number of hydrogen-bond acceptors (Lipinski definition) is 3. The molecule has 86 valence electrons. The average Bonchev–Trinajstić information content (AvgIpc) is 2.18. The quantitative estimate of drug-likeness (QED) is 0.761. The minimum atomic E-state index is -0.540. The van der Waals surface area contributed by atoms with Gasteiger partial charge in [0.25, 0.3) is 0 Å². The lowest BCUT2D eigenvalue weighted by atomic mass is 10.1. The number of amides is 1. The van der Waals surface area contributed by atoms with Gasteiger partial charge < -0.3 is 11.5 Å². The zero-order valence-electron chi connectivity index (χ0n) is 8.82. The van der Waals surface area contributed by atoms with Crippen LogP contribution in [0.2, 0.25) is 0 Å². The van der Waals surface area contributed by atoms with Crippen LogP contribution < -0.4 is 11.5 Å². The zero-order chi connectivity index (χ0) is 11.7. The zero-order valence-corrected chi connectivity index (χ0v) is 8.82. The molecule has 0 bridgehead atoms. The molecule has 1 amide bonds. The highest BCUT2D eigenvalue weighted by Crippen LogP contribution is 2.16. The Morgan fingerprint density at radius 1 is 1.50 bits per heavy atom.